The molecule has 0 spiro atoms. The van der Waals surface area contributed by atoms with Crippen LogP contribution in [-0.2, 0) is 0 Å². The smallest absolute Gasteiger partial charge is 0.252 e. The molecule has 1 saturated carbocycles. The topological polar surface area (TPSA) is 63.1 Å². The third kappa shape index (κ3) is 4.67. The molecule has 1 N–H and O–H groups in total. The molecular weight excluding hydrogens is 338 g/mol. The Morgan fingerprint density at radius 2 is 2.00 bits per heavy atom. The van der Waals surface area contributed by atoms with Crippen LogP contribution in [0.5, 0.6) is 0 Å². The quantitative estimate of drug-likeness (QED) is 0.770. The minimum Gasteiger partial charge on any atom is -0.348 e. The van der Waals surface area contributed by atoms with Crippen molar-refractivity contribution in [3.05, 3.63) is 23.5 Å². The maximum Gasteiger partial charge on any atom is 0.252 e. The zero-order valence-electron chi connectivity index (χ0n) is 17.5. The highest BCUT2D eigenvalue weighted by Gasteiger charge is 2.28. The lowest BCUT2D eigenvalue weighted by atomic mass is 10.0. The van der Waals surface area contributed by atoms with E-state index in [1.807, 2.05) is 24.8 Å². The second-order valence-corrected chi connectivity index (χ2v) is 8.85. The van der Waals surface area contributed by atoms with Gasteiger partial charge in [0.2, 0.25) is 0 Å². The molecule has 148 valence electrons. The first-order valence-electron chi connectivity index (χ1n) is 10.1. The van der Waals surface area contributed by atoms with Crippen molar-refractivity contribution in [2.24, 2.45) is 5.92 Å². The normalized spacial score (nSPS) is 15.9. The molecule has 1 amide bonds. The number of carbonyl (C=O) groups is 1. The Morgan fingerprint density at radius 1 is 1.30 bits per heavy atom. The van der Waals surface area contributed by atoms with E-state index in [0.717, 1.165) is 42.5 Å². The molecule has 6 heteroatoms. The van der Waals surface area contributed by atoms with E-state index < -0.39 is 0 Å². The predicted molar refractivity (Wildman–Crippen MR) is 109 cm³/mol. The van der Waals surface area contributed by atoms with Crippen LogP contribution in [0.15, 0.2) is 12.3 Å². The van der Waals surface area contributed by atoms with Crippen LogP contribution < -0.4 is 5.32 Å². The van der Waals surface area contributed by atoms with E-state index in [4.69, 9.17) is 4.98 Å². The molecule has 1 unspecified atom stereocenters. The summed E-state index contributed by atoms with van der Waals surface area (Å²) in [6, 6.07) is 2.33. The lowest BCUT2D eigenvalue weighted by molar-refractivity contribution is 0.0926. The average Bonchev–Trinajstić information content (AvgIpc) is 3.31. The Labute approximate surface area is 162 Å². The van der Waals surface area contributed by atoms with E-state index in [9.17, 15) is 4.79 Å². The van der Waals surface area contributed by atoms with Crippen molar-refractivity contribution in [1.82, 2.24) is 25.0 Å². The zero-order valence-corrected chi connectivity index (χ0v) is 17.5. The van der Waals surface area contributed by atoms with E-state index >= 15 is 0 Å². The van der Waals surface area contributed by atoms with Crippen molar-refractivity contribution in [2.75, 3.05) is 20.6 Å². The predicted octanol–water partition coefficient (Wildman–Crippen LogP) is 3.60. The SMILES string of the molecule is CC(C)CC(CN(C)C)NC(=O)c1cc(C2CC2)nc2c1cnn2C(C)C. The highest BCUT2D eigenvalue weighted by molar-refractivity contribution is 6.05. The van der Waals surface area contributed by atoms with E-state index in [1.165, 1.54) is 0 Å². The molecule has 1 aliphatic rings. The van der Waals surface area contributed by atoms with Crippen LogP contribution in [0.2, 0.25) is 0 Å². The third-order valence-electron chi connectivity index (χ3n) is 4.99. The first-order valence-corrected chi connectivity index (χ1v) is 10.1. The summed E-state index contributed by atoms with van der Waals surface area (Å²) in [5, 5.41) is 8.61. The first kappa shape index (κ1) is 19.8. The molecule has 1 aliphatic carbocycles. The summed E-state index contributed by atoms with van der Waals surface area (Å²) in [6.45, 7) is 9.40. The summed E-state index contributed by atoms with van der Waals surface area (Å²) in [5.41, 5.74) is 2.57. The summed E-state index contributed by atoms with van der Waals surface area (Å²) in [7, 11) is 4.09. The van der Waals surface area contributed by atoms with Gasteiger partial charge in [0.1, 0.15) is 0 Å². The first-order chi connectivity index (χ1) is 12.8. The van der Waals surface area contributed by atoms with Gasteiger partial charge in [0.15, 0.2) is 5.65 Å². The fraction of sp³-hybridized carbons (Fsp3) is 0.667. The van der Waals surface area contributed by atoms with Crippen LogP contribution in [0.25, 0.3) is 11.0 Å². The molecule has 0 radical (unpaired) electrons. The largest absolute Gasteiger partial charge is 0.348 e. The molecule has 2 aromatic heterocycles. The fourth-order valence-corrected chi connectivity index (χ4v) is 3.64. The monoisotopic (exact) mass is 371 g/mol. The average molecular weight is 372 g/mol. The van der Waals surface area contributed by atoms with Crippen molar-refractivity contribution >= 4 is 16.9 Å². The summed E-state index contributed by atoms with van der Waals surface area (Å²) in [6.07, 6.45) is 5.06. The number of nitrogens with zero attached hydrogens (tertiary/aromatic N) is 4. The molecule has 0 bridgehead atoms. The van der Waals surface area contributed by atoms with Gasteiger partial charge in [0.25, 0.3) is 5.91 Å². The van der Waals surface area contributed by atoms with Crippen LogP contribution in [0.1, 0.15) is 75.0 Å². The Morgan fingerprint density at radius 3 is 2.56 bits per heavy atom. The van der Waals surface area contributed by atoms with Crippen molar-refractivity contribution in [1.29, 1.82) is 0 Å². The van der Waals surface area contributed by atoms with Gasteiger partial charge in [-0.3, -0.25) is 4.79 Å². The molecule has 0 aromatic carbocycles. The van der Waals surface area contributed by atoms with Gasteiger partial charge in [-0.15, -0.1) is 0 Å². The van der Waals surface area contributed by atoms with Gasteiger partial charge >= 0.3 is 0 Å². The van der Waals surface area contributed by atoms with Crippen molar-refractivity contribution < 1.29 is 4.79 Å². The molecule has 6 nitrogen and oxygen atoms in total. The molecule has 0 aliphatic heterocycles. The van der Waals surface area contributed by atoms with E-state index in [0.29, 0.717) is 17.4 Å². The van der Waals surface area contributed by atoms with E-state index in [1.54, 1.807) is 6.20 Å². The number of nitrogens with one attached hydrogen (secondary N) is 1. The number of likely N-dealkylation sites (N-methyl/N-ethyl adjacent to an activating group) is 1. The molecule has 2 heterocycles. The Bertz CT molecular complexity index is 794. The number of carbonyl (C=O) groups excluding carboxylic acids is 1. The number of pyridine rings is 1. The third-order valence-corrected chi connectivity index (χ3v) is 4.99. The molecule has 27 heavy (non-hydrogen) atoms. The molecule has 1 atom stereocenters. The number of aromatic nitrogens is 3. The Kier molecular flexibility index (Phi) is 5.84. The molecule has 2 aromatic rings. The Hall–Kier alpha value is -1.95. The molecule has 1 fully saturated rings. The minimum absolute atomic E-state index is 0.0138. The molecule has 3 rings (SSSR count). The van der Waals surface area contributed by atoms with Gasteiger partial charge in [-0.1, -0.05) is 13.8 Å². The van der Waals surface area contributed by atoms with Crippen LogP contribution in [-0.4, -0.2) is 52.3 Å². The van der Waals surface area contributed by atoms with Crippen molar-refractivity contribution in [3.8, 4) is 0 Å². The standard InChI is InChI=1S/C21H33N5O/c1-13(2)9-16(12-25(5)6)23-21(27)17-10-19(15-7-8-15)24-20-18(17)11-22-26(20)14(3)4/h10-11,13-16H,7-9,12H2,1-6H3,(H,23,27). The van der Waals surface area contributed by atoms with Crippen LogP contribution in [0.3, 0.4) is 0 Å². The number of rotatable bonds is 8. The lowest BCUT2D eigenvalue weighted by Gasteiger charge is -2.24. The van der Waals surface area contributed by atoms with Gasteiger partial charge in [-0.2, -0.15) is 5.10 Å². The zero-order chi connectivity index (χ0) is 19.7. The van der Waals surface area contributed by atoms with Crippen LogP contribution in [0.4, 0.5) is 0 Å². The van der Waals surface area contributed by atoms with Gasteiger partial charge in [0.05, 0.1) is 17.1 Å². The number of hydrogen-bond acceptors (Lipinski definition) is 4. The number of fused-ring (bicyclic) bond motifs is 1. The van der Waals surface area contributed by atoms with Crippen LogP contribution in [0, 0.1) is 5.92 Å². The Balaban J connectivity index is 1.95. The second kappa shape index (κ2) is 7.97. The minimum atomic E-state index is -0.0138. The number of amides is 1. The second-order valence-electron chi connectivity index (χ2n) is 8.85. The number of hydrogen-bond donors (Lipinski definition) is 1. The van der Waals surface area contributed by atoms with E-state index in [-0.39, 0.29) is 18.0 Å². The van der Waals surface area contributed by atoms with Crippen molar-refractivity contribution in [2.45, 2.75) is 65.0 Å². The van der Waals surface area contributed by atoms with Crippen LogP contribution >= 0.6 is 0 Å². The van der Waals surface area contributed by atoms with E-state index in [2.05, 4.69) is 43.0 Å². The van der Waals surface area contributed by atoms with Gasteiger partial charge in [-0.25, -0.2) is 9.67 Å². The summed E-state index contributed by atoms with van der Waals surface area (Å²) in [5.74, 6) is 1.00. The summed E-state index contributed by atoms with van der Waals surface area (Å²) in [4.78, 5) is 20.2. The van der Waals surface area contributed by atoms with Gasteiger partial charge in [0, 0.05) is 30.2 Å². The fourth-order valence-electron chi connectivity index (χ4n) is 3.64. The van der Waals surface area contributed by atoms with Gasteiger partial charge in [-0.05, 0) is 59.2 Å². The summed E-state index contributed by atoms with van der Waals surface area (Å²) < 4.78 is 1.92. The van der Waals surface area contributed by atoms with Gasteiger partial charge < -0.3 is 10.2 Å². The highest BCUT2D eigenvalue weighted by atomic mass is 16.1. The van der Waals surface area contributed by atoms with Crippen molar-refractivity contribution in [3.63, 3.8) is 0 Å². The molecular formula is C21H33N5O. The summed E-state index contributed by atoms with van der Waals surface area (Å²) >= 11 is 0. The maximum atomic E-state index is 13.2. The molecule has 0 saturated heterocycles. The highest BCUT2D eigenvalue weighted by Crippen LogP contribution is 2.40. The maximum absolute atomic E-state index is 13.2. The lowest BCUT2D eigenvalue weighted by Crippen LogP contribution is -2.42.